The second-order valence-corrected chi connectivity index (χ2v) is 9.15. The van der Waals surface area contributed by atoms with Crippen LogP contribution in [0.3, 0.4) is 0 Å². The van der Waals surface area contributed by atoms with E-state index in [2.05, 4.69) is 24.3 Å². The molecule has 0 aromatic heterocycles. The van der Waals surface area contributed by atoms with E-state index >= 15 is 0 Å². The minimum absolute atomic E-state index is 0.143. The fourth-order valence-corrected chi connectivity index (χ4v) is 4.88. The molecule has 0 N–H and O–H groups in total. The molecule has 154 valence electrons. The van der Waals surface area contributed by atoms with Crippen molar-refractivity contribution in [3.8, 4) is 0 Å². The molecule has 2 saturated carbocycles. The van der Waals surface area contributed by atoms with Gasteiger partial charge in [-0.3, -0.25) is 4.79 Å². The Bertz CT molecular complexity index is 696. The Kier molecular flexibility index (Phi) is 6.01. The van der Waals surface area contributed by atoms with Gasteiger partial charge in [0.1, 0.15) is 0 Å². The maximum Gasteiger partial charge on any atom is 0.413 e. The van der Waals surface area contributed by atoms with Crippen molar-refractivity contribution in [1.82, 2.24) is 4.90 Å². The van der Waals surface area contributed by atoms with Crippen molar-refractivity contribution < 1.29 is 19.1 Å². The summed E-state index contributed by atoms with van der Waals surface area (Å²) in [6.07, 6.45) is 2.27. The lowest BCUT2D eigenvalue weighted by atomic mass is 9.79. The first-order valence-electron chi connectivity index (χ1n) is 10.5. The summed E-state index contributed by atoms with van der Waals surface area (Å²) in [6, 6.07) is 10.7. The molecule has 1 aromatic carbocycles. The first-order valence-corrected chi connectivity index (χ1v) is 10.5. The number of carbonyl (C=O) groups excluding carboxylic acids is 2. The largest absolute Gasteiger partial charge is 0.425 e. The number of carbonyl (C=O) groups is 2. The van der Waals surface area contributed by atoms with Crippen molar-refractivity contribution in [2.45, 2.75) is 72.1 Å². The van der Waals surface area contributed by atoms with E-state index in [1.54, 1.807) is 27.7 Å². The number of hydrogen-bond donors (Lipinski definition) is 0. The van der Waals surface area contributed by atoms with E-state index in [0.717, 1.165) is 6.42 Å². The van der Waals surface area contributed by atoms with E-state index < -0.39 is 17.8 Å². The molecular formula is C23H33NO4. The molecule has 2 fully saturated rings. The number of rotatable bonds is 5. The van der Waals surface area contributed by atoms with Gasteiger partial charge in [0.25, 0.3) is 0 Å². The zero-order chi connectivity index (χ0) is 20.5. The van der Waals surface area contributed by atoms with Crippen LogP contribution in [0.15, 0.2) is 30.3 Å². The maximum absolute atomic E-state index is 13.0. The first-order chi connectivity index (χ1) is 13.2. The lowest BCUT2D eigenvalue weighted by molar-refractivity contribution is -0.175. The summed E-state index contributed by atoms with van der Waals surface area (Å²) in [7, 11) is 0. The van der Waals surface area contributed by atoms with Crippen molar-refractivity contribution in [3.63, 3.8) is 0 Å². The molecule has 0 saturated heterocycles. The normalized spacial score (nSPS) is 27.3. The van der Waals surface area contributed by atoms with Crippen LogP contribution in [0.2, 0.25) is 0 Å². The predicted molar refractivity (Wildman–Crippen MR) is 108 cm³/mol. The molecule has 5 unspecified atom stereocenters. The summed E-state index contributed by atoms with van der Waals surface area (Å²) >= 11 is 0. The summed E-state index contributed by atoms with van der Waals surface area (Å²) in [5.41, 5.74) is 0.673. The average molecular weight is 388 g/mol. The van der Waals surface area contributed by atoms with Gasteiger partial charge in [-0.1, -0.05) is 30.3 Å². The number of esters is 1. The first kappa shape index (κ1) is 20.7. The van der Waals surface area contributed by atoms with Crippen LogP contribution in [0.1, 0.15) is 65.4 Å². The van der Waals surface area contributed by atoms with Crippen LogP contribution in [-0.4, -0.2) is 35.8 Å². The van der Waals surface area contributed by atoms with Crippen LogP contribution in [0.5, 0.6) is 0 Å². The highest BCUT2D eigenvalue weighted by Crippen LogP contribution is 2.54. The topological polar surface area (TPSA) is 55.8 Å². The van der Waals surface area contributed by atoms with Gasteiger partial charge >= 0.3 is 12.1 Å². The monoisotopic (exact) mass is 387 g/mol. The quantitative estimate of drug-likeness (QED) is 0.529. The molecule has 1 aromatic rings. The number of fused-ring (bicyclic) bond motifs is 2. The molecule has 2 aliphatic rings. The van der Waals surface area contributed by atoms with Gasteiger partial charge in [0.15, 0.2) is 0 Å². The third-order valence-corrected chi connectivity index (χ3v) is 6.14. The highest BCUT2D eigenvalue weighted by Gasteiger charge is 2.51. The maximum atomic E-state index is 13.0. The van der Waals surface area contributed by atoms with Crippen molar-refractivity contribution in [2.24, 2.45) is 17.3 Å². The molecule has 0 spiro atoms. The minimum atomic E-state index is -0.901. The van der Waals surface area contributed by atoms with Gasteiger partial charge in [0.2, 0.25) is 6.29 Å². The molecule has 5 heteroatoms. The summed E-state index contributed by atoms with van der Waals surface area (Å²) in [5.74, 6) is 1.10. The van der Waals surface area contributed by atoms with Crippen molar-refractivity contribution in [2.75, 3.05) is 6.54 Å². The summed E-state index contributed by atoms with van der Waals surface area (Å²) in [5, 5.41) is 0. The van der Waals surface area contributed by atoms with Gasteiger partial charge in [-0.25, -0.2) is 4.79 Å². The molecule has 5 nitrogen and oxygen atoms in total. The molecular weight excluding hydrogens is 354 g/mol. The van der Waals surface area contributed by atoms with Crippen molar-refractivity contribution in [1.29, 1.82) is 0 Å². The van der Waals surface area contributed by atoms with Crippen LogP contribution in [0.25, 0.3) is 0 Å². The third kappa shape index (κ3) is 4.18. The van der Waals surface area contributed by atoms with E-state index in [9.17, 15) is 9.59 Å². The predicted octanol–water partition coefficient (Wildman–Crippen LogP) is 4.96. The Morgan fingerprint density at radius 1 is 1.11 bits per heavy atom. The summed E-state index contributed by atoms with van der Waals surface area (Å²) in [4.78, 5) is 26.9. The second-order valence-electron chi connectivity index (χ2n) is 9.15. The Labute approximate surface area is 168 Å². The Morgan fingerprint density at radius 3 is 2.36 bits per heavy atom. The van der Waals surface area contributed by atoms with Crippen LogP contribution in [0, 0.1) is 17.3 Å². The fraction of sp³-hybridized carbons (Fsp3) is 0.652. The van der Waals surface area contributed by atoms with Gasteiger partial charge < -0.3 is 14.4 Å². The van der Waals surface area contributed by atoms with E-state index in [1.807, 2.05) is 17.9 Å². The summed E-state index contributed by atoms with van der Waals surface area (Å²) < 4.78 is 10.8. The molecule has 0 radical (unpaired) electrons. The fourth-order valence-electron chi connectivity index (χ4n) is 4.88. The molecule has 1 amide bonds. The average Bonchev–Trinajstić information content (AvgIpc) is 3.24. The van der Waals surface area contributed by atoms with E-state index in [0.29, 0.717) is 24.3 Å². The van der Waals surface area contributed by atoms with Crippen molar-refractivity contribution in [3.05, 3.63) is 35.9 Å². The van der Waals surface area contributed by atoms with Crippen LogP contribution >= 0.6 is 0 Å². The number of likely N-dealkylation sites (N-methyl/N-ethyl adjacent to an activating group) is 1. The van der Waals surface area contributed by atoms with E-state index in [1.165, 1.54) is 18.4 Å². The van der Waals surface area contributed by atoms with Gasteiger partial charge in [-0.05, 0) is 64.4 Å². The van der Waals surface area contributed by atoms with Crippen LogP contribution in [-0.2, 0) is 14.3 Å². The zero-order valence-corrected chi connectivity index (χ0v) is 17.7. The SMILES string of the molecule is CCN(C(=O)OC(C)OC(=O)C(C)(C)C)C1C2CCC(C2)C1c1ccccc1. The molecule has 2 aliphatic carbocycles. The number of hydrogen-bond acceptors (Lipinski definition) is 4. The molecule has 28 heavy (non-hydrogen) atoms. The molecule has 2 bridgehead atoms. The van der Waals surface area contributed by atoms with Gasteiger partial charge in [-0.15, -0.1) is 0 Å². The smallest absolute Gasteiger partial charge is 0.413 e. The number of amides is 1. The Balaban J connectivity index is 1.72. The lowest BCUT2D eigenvalue weighted by Crippen LogP contribution is -2.48. The molecule has 0 heterocycles. The number of ether oxygens (including phenoxy) is 2. The highest BCUT2D eigenvalue weighted by atomic mass is 16.7. The summed E-state index contributed by atoms with van der Waals surface area (Å²) in [6.45, 7) is 9.51. The highest BCUT2D eigenvalue weighted by molar-refractivity contribution is 5.75. The van der Waals surface area contributed by atoms with E-state index in [4.69, 9.17) is 9.47 Å². The van der Waals surface area contributed by atoms with Gasteiger partial charge in [-0.2, -0.15) is 0 Å². The molecule has 0 aliphatic heterocycles. The van der Waals surface area contributed by atoms with Crippen molar-refractivity contribution >= 4 is 12.1 Å². The van der Waals surface area contributed by atoms with Gasteiger partial charge in [0.05, 0.1) is 5.41 Å². The van der Waals surface area contributed by atoms with Gasteiger partial charge in [0, 0.05) is 25.4 Å². The van der Waals surface area contributed by atoms with Crippen LogP contribution < -0.4 is 0 Å². The molecule has 3 rings (SSSR count). The van der Waals surface area contributed by atoms with Crippen LogP contribution in [0.4, 0.5) is 4.79 Å². The van der Waals surface area contributed by atoms with E-state index in [-0.39, 0.29) is 12.0 Å². The number of benzene rings is 1. The Hall–Kier alpha value is -2.04. The molecule has 5 atom stereocenters. The standard InChI is InChI=1S/C23H33NO4/c1-6-24(22(26)28-15(2)27-21(25)23(3,4)5)20-18-13-12-17(14-18)19(20)16-10-8-7-9-11-16/h7-11,15,17-20H,6,12-14H2,1-5H3. The lowest BCUT2D eigenvalue weighted by Gasteiger charge is -2.39. The zero-order valence-electron chi connectivity index (χ0n) is 17.7. The Morgan fingerprint density at radius 2 is 1.75 bits per heavy atom. The third-order valence-electron chi connectivity index (χ3n) is 6.14. The number of nitrogens with zero attached hydrogens (tertiary/aromatic N) is 1. The second kappa shape index (κ2) is 8.14. The minimum Gasteiger partial charge on any atom is -0.425 e.